The highest BCUT2D eigenvalue weighted by molar-refractivity contribution is 6.30. The Morgan fingerprint density at radius 2 is 1.73 bits per heavy atom. The lowest BCUT2D eigenvalue weighted by molar-refractivity contribution is -0.130. The van der Waals surface area contributed by atoms with Crippen LogP contribution >= 0.6 is 23.2 Å². The maximum Gasteiger partial charge on any atom is 0.240 e. The van der Waals surface area contributed by atoms with Gasteiger partial charge in [-0.1, -0.05) is 54.1 Å². The fraction of sp³-hybridized carbons (Fsp3) is 0.346. The topological polar surface area (TPSA) is 49.3 Å². The van der Waals surface area contributed by atoms with E-state index in [1.165, 1.54) is 0 Å². The molecule has 2 aromatic carbocycles. The normalized spacial score (nSPS) is 15.3. The first-order chi connectivity index (χ1) is 15.9. The van der Waals surface area contributed by atoms with Crippen LogP contribution in [-0.4, -0.2) is 52.3 Å². The van der Waals surface area contributed by atoms with Gasteiger partial charge in [-0.3, -0.25) is 4.79 Å². The Morgan fingerprint density at radius 3 is 2.42 bits per heavy atom. The summed E-state index contributed by atoms with van der Waals surface area (Å²) in [5.41, 5.74) is 4.20. The Morgan fingerprint density at radius 1 is 1.00 bits per heavy atom. The summed E-state index contributed by atoms with van der Waals surface area (Å²) in [5, 5.41) is 0.208. The first-order valence-corrected chi connectivity index (χ1v) is 12.1. The lowest BCUT2D eigenvalue weighted by Crippen LogP contribution is -2.39. The Balaban J connectivity index is 1.71. The second-order valence-electron chi connectivity index (χ2n) is 8.39. The van der Waals surface area contributed by atoms with E-state index in [0.717, 1.165) is 52.0 Å². The van der Waals surface area contributed by atoms with Crippen LogP contribution in [0.5, 0.6) is 0 Å². The maximum atomic E-state index is 12.5. The predicted octanol–water partition coefficient (Wildman–Crippen LogP) is 5.36. The second-order valence-corrected chi connectivity index (χ2v) is 9.48. The molecule has 1 aliphatic rings. The van der Waals surface area contributed by atoms with E-state index < -0.39 is 5.38 Å². The molecule has 1 atom stereocenters. The lowest BCUT2D eigenvalue weighted by atomic mass is 10.0. The molecule has 1 saturated heterocycles. The van der Waals surface area contributed by atoms with Crippen LogP contribution in [0.4, 0.5) is 5.82 Å². The van der Waals surface area contributed by atoms with E-state index in [9.17, 15) is 4.79 Å². The first kappa shape index (κ1) is 23.5. The summed E-state index contributed by atoms with van der Waals surface area (Å²) in [6.07, 6.45) is 1.57. The van der Waals surface area contributed by atoms with Gasteiger partial charge in [-0.25, -0.2) is 9.97 Å². The van der Waals surface area contributed by atoms with E-state index in [1.54, 1.807) is 6.92 Å². The number of alkyl halides is 1. The number of hydrogen-bond donors (Lipinski definition) is 0. The van der Waals surface area contributed by atoms with Crippen molar-refractivity contribution in [2.24, 2.45) is 0 Å². The summed E-state index contributed by atoms with van der Waals surface area (Å²) in [6, 6.07) is 18.0. The summed E-state index contributed by atoms with van der Waals surface area (Å²) in [7, 11) is 0. The zero-order valence-electron chi connectivity index (χ0n) is 19.0. The van der Waals surface area contributed by atoms with Crippen LogP contribution in [0.3, 0.4) is 0 Å². The summed E-state index contributed by atoms with van der Waals surface area (Å²) >= 11 is 12.2. The van der Waals surface area contributed by atoms with Crippen LogP contribution in [0, 0.1) is 6.92 Å². The van der Waals surface area contributed by atoms with Gasteiger partial charge in [-0.05, 0) is 38.0 Å². The highest BCUT2D eigenvalue weighted by Crippen LogP contribution is 2.28. The highest BCUT2D eigenvalue weighted by atomic mass is 35.5. The van der Waals surface area contributed by atoms with Crippen molar-refractivity contribution in [3.63, 3.8) is 0 Å². The summed E-state index contributed by atoms with van der Waals surface area (Å²) in [6.45, 7) is 6.63. The maximum absolute atomic E-state index is 12.5. The number of hydrogen-bond acceptors (Lipinski definition) is 4. The number of carbonyl (C=O) groups is 1. The SMILES string of the molecule is Cc1nc(-c2ccccc2)nc(N2CCCN(C(=O)C(C)Cl)CC2)c1Cc1ccc(Cl)cc1. The van der Waals surface area contributed by atoms with Gasteiger partial charge in [0.05, 0.1) is 0 Å². The van der Waals surface area contributed by atoms with Crippen LogP contribution in [-0.2, 0) is 11.2 Å². The van der Waals surface area contributed by atoms with Gasteiger partial charge in [0.15, 0.2) is 5.82 Å². The van der Waals surface area contributed by atoms with Crippen LogP contribution in [0.15, 0.2) is 54.6 Å². The van der Waals surface area contributed by atoms with E-state index in [0.29, 0.717) is 26.1 Å². The second kappa shape index (κ2) is 10.5. The molecule has 1 aliphatic heterocycles. The van der Waals surface area contributed by atoms with Crippen molar-refractivity contribution in [1.82, 2.24) is 14.9 Å². The highest BCUT2D eigenvalue weighted by Gasteiger charge is 2.25. The molecule has 1 amide bonds. The third-order valence-electron chi connectivity index (χ3n) is 5.97. The summed E-state index contributed by atoms with van der Waals surface area (Å²) in [5.74, 6) is 1.64. The number of halogens is 2. The Labute approximate surface area is 205 Å². The van der Waals surface area contributed by atoms with Crippen LogP contribution < -0.4 is 4.90 Å². The lowest BCUT2D eigenvalue weighted by Gasteiger charge is -2.26. The molecule has 4 rings (SSSR count). The molecule has 0 spiro atoms. The van der Waals surface area contributed by atoms with Crippen molar-refractivity contribution in [2.75, 3.05) is 31.1 Å². The molecule has 0 radical (unpaired) electrons. The predicted molar refractivity (Wildman–Crippen MR) is 135 cm³/mol. The average molecular weight is 483 g/mol. The summed E-state index contributed by atoms with van der Waals surface area (Å²) in [4.78, 5) is 26.5. The summed E-state index contributed by atoms with van der Waals surface area (Å²) < 4.78 is 0. The molecule has 0 N–H and O–H groups in total. The average Bonchev–Trinajstić information content (AvgIpc) is 3.08. The van der Waals surface area contributed by atoms with Gasteiger partial charge in [0, 0.05) is 54.4 Å². The number of anilines is 1. The molecule has 1 fully saturated rings. The van der Waals surface area contributed by atoms with Gasteiger partial charge < -0.3 is 9.80 Å². The van der Waals surface area contributed by atoms with Crippen LogP contribution in [0.25, 0.3) is 11.4 Å². The third-order valence-corrected chi connectivity index (χ3v) is 6.40. The number of carbonyl (C=O) groups excluding carboxylic acids is 1. The minimum atomic E-state index is -0.511. The molecule has 1 aromatic heterocycles. The fourth-order valence-electron chi connectivity index (χ4n) is 4.17. The van der Waals surface area contributed by atoms with Gasteiger partial charge in [-0.15, -0.1) is 11.6 Å². The molecule has 2 heterocycles. The molecule has 7 heteroatoms. The first-order valence-electron chi connectivity index (χ1n) is 11.3. The van der Waals surface area contributed by atoms with E-state index in [-0.39, 0.29) is 5.91 Å². The smallest absolute Gasteiger partial charge is 0.240 e. The largest absolute Gasteiger partial charge is 0.354 e. The molecule has 5 nitrogen and oxygen atoms in total. The molecule has 0 saturated carbocycles. The molecule has 0 aliphatic carbocycles. The van der Waals surface area contributed by atoms with Crippen molar-refractivity contribution in [2.45, 2.75) is 32.1 Å². The van der Waals surface area contributed by atoms with Gasteiger partial charge >= 0.3 is 0 Å². The standard InChI is InChI=1S/C26H28Cl2N4O/c1-18(27)26(33)32-14-6-13-31(15-16-32)25-23(17-20-9-11-22(28)12-10-20)19(2)29-24(30-25)21-7-4-3-5-8-21/h3-5,7-12,18H,6,13-17H2,1-2H3. The molecule has 0 bridgehead atoms. The van der Waals surface area contributed by atoms with Crippen molar-refractivity contribution in [1.29, 1.82) is 0 Å². The minimum absolute atomic E-state index is 0.0104. The number of aryl methyl sites for hydroxylation is 1. The molecule has 1 unspecified atom stereocenters. The van der Waals surface area contributed by atoms with E-state index in [1.807, 2.05) is 66.4 Å². The van der Waals surface area contributed by atoms with E-state index >= 15 is 0 Å². The Bertz CT molecular complexity index is 1100. The Kier molecular flexibility index (Phi) is 7.51. The quantitative estimate of drug-likeness (QED) is 0.459. The third kappa shape index (κ3) is 5.66. The van der Waals surface area contributed by atoms with Gasteiger partial charge in [0.2, 0.25) is 5.91 Å². The van der Waals surface area contributed by atoms with Crippen molar-refractivity contribution in [3.8, 4) is 11.4 Å². The molecular weight excluding hydrogens is 455 g/mol. The van der Waals surface area contributed by atoms with Crippen LogP contribution in [0.2, 0.25) is 5.02 Å². The number of amides is 1. The van der Waals surface area contributed by atoms with Gasteiger partial charge in [0.25, 0.3) is 0 Å². The number of aromatic nitrogens is 2. The minimum Gasteiger partial charge on any atom is -0.354 e. The van der Waals surface area contributed by atoms with Crippen molar-refractivity contribution < 1.29 is 4.79 Å². The van der Waals surface area contributed by atoms with E-state index in [4.69, 9.17) is 33.2 Å². The zero-order valence-corrected chi connectivity index (χ0v) is 20.5. The van der Waals surface area contributed by atoms with E-state index in [2.05, 4.69) is 4.90 Å². The van der Waals surface area contributed by atoms with Crippen molar-refractivity contribution >= 4 is 34.9 Å². The fourth-order valence-corrected chi connectivity index (χ4v) is 4.44. The van der Waals surface area contributed by atoms with Gasteiger partial charge in [-0.2, -0.15) is 0 Å². The number of rotatable bonds is 5. The monoisotopic (exact) mass is 482 g/mol. The van der Waals surface area contributed by atoms with Crippen LogP contribution in [0.1, 0.15) is 30.2 Å². The van der Waals surface area contributed by atoms with Crippen molar-refractivity contribution in [3.05, 3.63) is 76.4 Å². The molecular formula is C26H28Cl2N4O. The number of benzene rings is 2. The Hall–Kier alpha value is -2.63. The van der Waals surface area contributed by atoms with Gasteiger partial charge in [0.1, 0.15) is 11.2 Å². The zero-order chi connectivity index (χ0) is 23.4. The molecule has 33 heavy (non-hydrogen) atoms. The molecule has 172 valence electrons. The number of nitrogens with zero attached hydrogens (tertiary/aromatic N) is 4. The molecule has 3 aromatic rings.